The molecule has 0 spiro atoms. The summed E-state index contributed by atoms with van der Waals surface area (Å²) in [7, 11) is 1.83. The fourth-order valence-electron chi connectivity index (χ4n) is 2.83. The summed E-state index contributed by atoms with van der Waals surface area (Å²) in [4.78, 5) is 19.8. The normalized spacial score (nSPS) is 10.8. The number of aryl methyl sites for hydroxylation is 1. The second kappa shape index (κ2) is 7.88. The number of hydrogen-bond donors (Lipinski definition) is 2. The Balaban J connectivity index is 1.68. The van der Waals surface area contributed by atoms with Crippen LogP contribution in [0.1, 0.15) is 0 Å². The highest BCUT2D eigenvalue weighted by atomic mass is 79.9. The van der Waals surface area contributed by atoms with Gasteiger partial charge >= 0.3 is 5.97 Å². The number of nitrogens with zero attached hydrogens (tertiary/aromatic N) is 4. The van der Waals surface area contributed by atoms with E-state index in [1.54, 1.807) is 29.2 Å². The van der Waals surface area contributed by atoms with Gasteiger partial charge in [-0.05, 0) is 35.9 Å². The summed E-state index contributed by atoms with van der Waals surface area (Å²) in [6.45, 7) is -0.433. The lowest BCUT2D eigenvalue weighted by molar-refractivity contribution is -0.139. The topological polar surface area (TPSA) is 102 Å². The Hall–Kier alpha value is -3.46. The van der Waals surface area contributed by atoms with Crippen LogP contribution in [-0.2, 0) is 11.8 Å². The van der Waals surface area contributed by atoms with Crippen LogP contribution in [0.4, 0.5) is 11.6 Å². The number of rotatable bonds is 6. The molecule has 0 aliphatic heterocycles. The van der Waals surface area contributed by atoms with Gasteiger partial charge in [-0.2, -0.15) is 5.10 Å². The van der Waals surface area contributed by atoms with E-state index >= 15 is 0 Å². The number of hydrogen-bond acceptors (Lipinski definition) is 6. The number of aliphatic carboxylic acids is 1. The number of anilines is 2. The minimum atomic E-state index is -1.05. The maximum absolute atomic E-state index is 10.9. The molecule has 2 heterocycles. The van der Waals surface area contributed by atoms with Gasteiger partial charge in [-0.1, -0.05) is 15.9 Å². The SMILES string of the molecule is Cn1cc(-c2cc(Nc3ncc4cc(Br)ccc4n3)cc(OCC(=O)O)c2)cn1. The molecule has 0 saturated carbocycles. The number of halogens is 1. The fourth-order valence-corrected chi connectivity index (χ4v) is 3.21. The van der Waals surface area contributed by atoms with Crippen LogP contribution in [0.2, 0.25) is 0 Å². The van der Waals surface area contributed by atoms with Gasteiger partial charge in [0.25, 0.3) is 0 Å². The number of nitrogens with one attached hydrogen (secondary N) is 1. The van der Waals surface area contributed by atoms with Crippen molar-refractivity contribution in [3.8, 4) is 16.9 Å². The Morgan fingerprint density at radius 2 is 2.07 bits per heavy atom. The van der Waals surface area contributed by atoms with Crippen molar-refractivity contribution in [2.75, 3.05) is 11.9 Å². The summed E-state index contributed by atoms with van der Waals surface area (Å²) in [6, 6.07) is 11.1. The summed E-state index contributed by atoms with van der Waals surface area (Å²) in [6.07, 6.45) is 5.33. The third-order valence-electron chi connectivity index (χ3n) is 4.11. The minimum Gasteiger partial charge on any atom is -0.482 e. The van der Waals surface area contributed by atoms with Crippen molar-refractivity contribution in [1.29, 1.82) is 0 Å². The van der Waals surface area contributed by atoms with Gasteiger partial charge in [0.15, 0.2) is 6.61 Å². The molecular weight excluding hydrogens is 438 g/mol. The van der Waals surface area contributed by atoms with Gasteiger partial charge < -0.3 is 15.2 Å². The number of carboxylic acids is 1. The summed E-state index contributed by atoms with van der Waals surface area (Å²) in [5.74, 6) is -0.205. The smallest absolute Gasteiger partial charge is 0.341 e. The molecule has 0 bridgehead atoms. The van der Waals surface area contributed by atoms with Crippen LogP contribution >= 0.6 is 15.9 Å². The number of carboxylic acid groups (broad SMARTS) is 1. The van der Waals surface area contributed by atoms with Gasteiger partial charge in [0.2, 0.25) is 5.95 Å². The molecule has 2 N–H and O–H groups in total. The first-order valence-corrected chi connectivity index (χ1v) is 9.43. The molecule has 0 saturated heterocycles. The average Bonchev–Trinajstić information content (AvgIpc) is 3.13. The molecule has 0 aliphatic rings. The summed E-state index contributed by atoms with van der Waals surface area (Å²) >= 11 is 3.44. The molecule has 0 radical (unpaired) electrons. The molecule has 0 atom stereocenters. The van der Waals surface area contributed by atoms with Crippen molar-refractivity contribution in [3.05, 3.63) is 59.5 Å². The number of carbonyl (C=O) groups is 1. The maximum atomic E-state index is 10.9. The first kappa shape index (κ1) is 18.9. The van der Waals surface area contributed by atoms with Crippen molar-refractivity contribution in [2.45, 2.75) is 0 Å². The average molecular weight is 454 g/mol. The zero-order valence-corrected chi connectivity index (χ0v) is 16.9. The molecule has 4 aromatic rings. The standard InChI is InChI=1S/C20H16BrN5O3/c1-26-10-14(9-23-26)12-5-16(7-17(6-12)29-11-19(27)28)24-20-22-8-13-4-15(21)2-3-18(13)25-20/h2-10H,11H2,1H3,(H,27,28)(H,22,24,25). The van der Waals surface area contributed by atoms with Crippen molar-refractivity contribution in [1.82, 2.24) is 19.7 Å². The molecule has 4 rings (SSSR count). The number of ether oxygens (including phenoxy) is 1. The van der Waals surface area contributed by atoms with Crippen LogP contribution in [0, 0.1) is 0 Å². The van der Waals surface area contributed by atoms with Crippen molar-refractivity contribution >= 4 is 44.4 Å². The molecule has 0 fully saturated rings. The maximum Gasteiger partial charge on any atom is 0.341 e. The van der Waals surface area contributed by atoms with Gasteiger partial charge in [0, 0.05) is 46.6 Å². The molecule has 146 valence electrons. The molecule has 0 aliphatic carbocycles. The second-order valence-electron chi connectivity index (χ2n) is 6.35. The van der Waals surface area contributed by atoms with Crippen LogP contribution in [0.5, 0.6) is 5.75 Å². The molecule has 0 amide bonds. The van der Waals surface area contributed by atoms with E-state index in [9.17, 15) is 4.79 Å². The van der Waals surface area contributed by atoms with Crippen LogP contribution < -0.4 is 10.1 Å². The van der Waals surface area contributed by atoms with E-state index in [0.717, 1.165) is 26.5 Å². The summed E-state index contributed by atoms with van der Waals surface area (Å²) in [5.41, 5.74) is 3.17. The molecule has 8 nitrogen and oxygen atoms in total. The molecule has 9 heteroatoms. The molecule has 2 aromatic heterocycles. The Kier molecular flexibility index (Phi) is 5.13. The Morgan fingerprint density at radius 3 is 2.83 bits per heavy atom. The van der Waals surface area contributed by atoms with Crippen LogP contribution in [0.25, 0.3) is 22.0 Å². The highest BCUT2D eigenvalue weighted by Gasteiger charge is 2.09. The van der Waals surface area contributed by atoms with Gasteiger partial charge in [0.1, 0.15) is 5.75 Å². The van der Waals surface area contributed by atoms with Crippen LogP contribution in [-0.4, -0.2) is 37.4 Å². The van der Waals surface area contributed by atoms with Gasteiger partial charge in [-0.15, -0.1) is 0 Å². The zero-order valence-electron chi connectivity index (χ0n) is 15.3. The van der Waals surface area contributed by atoms with E-state index in [1.165, 1.54) is 0 Å². The largest absolute Gasteiger partial charge is 0.482 e. The lowest BCUT2D eigenvalue weighted by Crippen LogP contribution is -2.09. The van der Waals surface area contributed by atoms with Crippen LogP contribution in [0.3, 0.4) is 0 Å². The Morgan fingerprint density at radius 1 is 1.21 bits per heavy atom. The molecule has 29 heavy (non-hydrogen) atoms. The molecule has 2 aromatic carbocycles. The third kappa shape index (κ3) is 4.52. The van der Waals surface area contributed by atoms with E-state index in [1.807, 2.05) is 37.5 Å². The second-order valence-corrected chi connectivity index (χ2v) is 7.27. The summed E-state index contributed by atoms with van der Waals surface area (Å²) in [5, 5.41) is 17.2. The summed E-state index contributed by atoms with van der Waals surface area (Å²) < 4.78 is 8.03. The first-order chi connectivity index (χ1) is 14.0. The van der Waals surface area contributed by atoms with Crippen molar-refractivity contribution in [3.63, 3.8) is 0 Å². The monoisotopic (exact) mass is 453 g/mol. The van der Waals surface area contributed by atoms with Gasteiger partial charge in [-0.25, -0.2) is 14.8 Å². The lowest BCUT2D eigenvalue weighted by atomic mass is 10.1. The first-order valence-electron chi connectivity index (χ1n) is 8.64. The van der Waals surface area contributed by atoms with E-state index in [4.69, 9.17) is 9.84 Å². The van der Waals surface area contributed by atoms with Gasteiger partial charge in [0.05, 0.1) is 11.7 Å². The predicted molar refractivity (Wildman–Crippen MR) is 112 cm³/mol. The van der Waals surface area contributed by atoms with E-state index in [-0.39, 0.29) is 0 Å². The third-order valence-corrected chi connectivity index (χ3v) is 4.60. The Labute approximate surface area is 174 Å². The van der Waals surface area contributed by atoms with E-state index in [2.05, 4.69) is 36.3 Å². The number of aromatic nitrogens is 4. The lowest BCUT2D eigenvalue weighted by Gasteiger charge is -2.11. The van der Waals surface area contributed by atoms with Crippen molar-refractivity contribution < 1.29 is 14.6 Å². The number of fused-ring (bicyclic) bond motifs is 1. The van der Waals surface area contributed by atoms with E-state index in [0.29, 0.717) is 17.4 Å². The number of benzene rings is 2. The Bertz CT molecular complexity index is 1210. The zero-order chi connectivity index (χ0) is 20.4. The van der Waals surface area contributed by atoms with E-state index < -0.39 is 12.6 Å². The van der Waals surface area contributed by atoms with Crippen LogP contribution in [0.15, 0.2) is 59.5 Å². The molecule has 0 unspecified atom stereocenters. The molecular formula is C20H16BrN5O3. The quantitative estimate of drug-likeness (QED) is 0.454. The predicted octanol–water partition coefficient (Wildman–Crippen LogP) is 4.00. The van der Waals surface area contributed by atoms with Crippen molar-refractivity contribution in [2.24, 2.45) is 7.05 Å². The fraction of sp³-hybridized carbons (Fsp3) is 0.100. The highest BCUT2D eigenvalue weighted by Crippen LogP contribution is 2.30. The highest BCUT2D eigenvalue weighted by molar-refractivity contribution is 9.10. The minimum absolute atomic E-state index is 0.418. The van der Waals surface area contributed by atoms with Gasteiger partial charge in [-0.3, -0.25) is 4.68 Å².